The summed E-state index contributed by atoms with van der Waals surface area (Å²) >= 11 is 0. The van der Waals surface area contributed by atoms with Crippen LogP contribution in [0.4, 0.5) is 5.69 Å². The molecule has 2 heterocycles. The lowest BCUT2D eigenvalue weighted by Crippen LogP contribution is -2.12. The van der Waals surface area contributed by atoms with Crippen molar-refractivity contribution in [2.75, 3.05) is 5.32 Å². The monoisotopic (exact) mass is 422 g/mol. The van der Waals surface area contributed by atoms with E-state index in [1.165, 1.54) is 13.8 Å². The van der Waals surface area contributed by atoms with Crippen molar-refractivity contribution in [3.8, 4) is 11.8 Å². The number of amides is 1. The summed E-state index contributed by atoms with van der Waals surface area (Å²) in [6.45, 7) is 2.96. The molecule has 0 atom stereocenters. The van der Waals surface area contributed by atoms with E-state index in [0.717, 1.165) is 0 Å². The second-order valence-corrected chi connectivity index (χ2v) is 7.15. The van der Waals surface area contributed by atoms with Crippen molar-refractivity contribution in [2.24, 2.45) is 0 Å². The van der Waals surface area contributed by atoms with E-state index in [9.17, 15) is 14.4 Å². The van der Waals surface area contributed by atoms with Gasteiger partial charge in [-0.2, -0.15) is 0 Å². The van der Waals surface area contributed by atoms with Crippen LogP contribution < -0.4 is 5.32 Å². The van der Waals surface area contributed by atoms with Gasteiger partial charge in [-0.1, -0.05) is 24.1 Å². The van der Waals surface area contributed by atoms with Crippen LogP contribution >= 0.6 is 0 Å². The number of rotatable bonds is 4. The second-order valence-electron chi connectivity index (χ2n) is 7.15. The fourth-order valence-corrected chi connectivity index (χ4v) is 3.07. The summed E-state index contributed by atoms with van der Waals surface area (Å²) in [4.78, 5) is 35.8. The Morgan fingerprint density at radius 2 is 1.56 bits per heavy atom. The van der Waals surface area contributed by atoms with Crippen molar-refractivity contribution in [2.45, 2.75) is 13.8 Å². The van der Waals surface area contributed by atoms with Crippen LogP contribution in [0.15, 0.2) is 66.9 Å². The highest BCUT2D eigenvalue weighted by Crippen LogP contribution is 2.14. The summed E-state index contributed by atoms with van der Waals surface area (Å²) in [6, 6.07) is 17.0. The molecule has 4 rings (SSSR count). The van der Waals surface area contributed by atoms with Gasteiger partial charge in [-0.25, -0.2) is 0 Å². The van der Waals surface area contributed by atoms with E-state index in [2.05, 4.69) is 27.4 Å². The summed E-state index contributed by atoms with van der Waals surface area (Å²) in [7, 11) is 0. The number of carbonyl (C=O) groups is 3. The van der Waals surface area contributed by atoms with Crippen molar-refractivity contribution in [3.05, 3.63) is 94.9 Å². The van der Waals surface area contributed by atoms with Crippen molar-refractivity contribution in [1.29, 1.82) is 0 Å². The topological polar surface area (TPSA) is 93.4 Å². The molecule has 0 radical (unpaired) electrons. The zero-order chi connectivity index (χ0) is 22.7. The number of hydrogen-bond donors (Lipinski definition) is 1. The Labute approximate surface area is 184 Å². The standard InChI is InChI=1S/C25H18N4O3/c1-16(30)19-6-4-8-22(14-19)26-25(32)20-7-3-5-18(13-20)9-11-23-27-28-24-12-10-21(17(2)31)15-29(23)24/h3-8,10,12-15H,1-2H3,(H,26,32). The van der Waals surface area contributed by atoms with Gasteiger partial charge in [0.05, 0.1) is 0 Å². The molecule has 0 fully saturated rings. The molecule has 0 saturated carbocycles. The average Bonchev–Trinajstić information content (AvgIpc) is 3.20. The third kappa shape index (κ3) is 4.45. The van der Waals surface area contributed by atoms with Crippen molar-refractivity contribution in [3.63, 3.8) is 0 Å². The molecule has 0 aliphatic rings. The minimum Gasteiger partial charge on any atom is -0.322 e. The molecule has 0 aliphatic carbocycles. The molecular formula is C25H18N4O3. The van der Waals surface area contributed by atoms with E-state index in [-0.39, 0.29) is 17.5 Å². The normalized spacial score (nSPS) is 10.3. The van der Waals surface area contributed by atoms with Gasteiger partial charge in [0, 0.05) is 34.1 Å². The highest BCUT2D eigenvalue weighted by atomic mass is 16.1. The van der Waals surface area contributed by atoms with Crippen LogP contribution in [0.5, 0.6) is 0 Å². The minimum atomic E-state index is -0.312. The molecule has 1 amide bonds. The van der Waals surface area contributed by atoms with Crippen LogP contribution in [0.1, 0.15) is 56.3 Å². The predicted molar refractivity (Wildman–Crippen MR) is 120 cm³/mol. The maximum absolute atomic E-state index is 12.7. The lowest BCUT2D eigenvalue weighted by Gasteiger charge is -2.06. The molecule has 0 bridgehead atoms. The Morgan fingerprint density at radius 3 is 2.34 bits per heavy atom. The van der Waals surface area contributed by atoms with Crippen molar-refractivity contribution >= 4 is 28.8 Å². The molecule has 7 heteroatoms. The number of aromatic nitrogens is 3. The van der Waals surface area contributed by atoms with Crippen LogP contribution in [-0.4, -0.2) is 32.1 Å². The number of nitrogens with zero attached hydrogens (tertiary/aromatic N) is 3. The zero-order valence-corrected chi connectivity index (χ0v) is 17.4. The first-order valence-electron chi connectivity index (χ1n) is 9.81. The number of fused-ring (bicyclic) bond motifs is 1. The fourth-order valence-electron chi connectivity index (χ4n) is 3.07. The zero-order valence-electron chi connectivity index (χ0n) is 17.4. The third-order valence-corrected chi connectivity index (χ3v) is 4.78. The third-order valence-electron chi connectivity index (χ3n) is 4.78. The van der Waals surface area contributed by atoms with E-state index in [1.807, 2.05) is 0 Å². The first-order valence-corrected chi connectivity index (χ1v) is 9.81. The Morgan fingerprint density at radius 1 is 0.812 bits per heavy atom. The number of anilines is 1. The fraction of sp³-hybridized carbons (Fsp3) is 0.0800. The minimum absolute atomic E-state index is 0.0629. The average molecular weight is 422 g/mol. The van der Waals surface area contributed by atoms with E-state index in [4.69, 9.17) is 0 Å². The Balaban J connectivity index is 1.58. The number of benzene rings is 2. The number of carbonyl (C=O) groups excluding carboxylic acids is 3. The van der Waals surface area contributed by atoms with Crippen molar-refractivity contribution in [1.82, 2.24) is 14.6 Å². The molecule has 2 aromatic heterocycles. The summed E-state index contributed by atoms with van der Waals surface area (Å²) in [6.07, 6.45) is 1.65. The quantitative estimate of drug-likeness (QED) is 0.399. The smallest absolute Gasteiger partial charge is 0.255 e. The molecule has 0 saturated heterocycles. The van der Waals surface area contributed by atoms with Gasteiger partial charge in [0.15, 0.2) is 17.2 Å². The van der Waals surface area contributed by atoms with E-state index >= 15 is 0 Å². The summed E-state index contributed by atoms with van der Waals surface area (Å²) in [5.74, 6) is 5.87. The molecule has 0 aliphatic heterocycles. The van der Waals surface area contributed by atoms with Gasteiger partial charge in [0.1, 0.15) is 0 Å². The van der Waals surface area contributed by atoms with Crippen LogP contribution in [-0.2, 0) is 0 Å². The molecular weight excluding hydrogens is 404 g/mol. The number of Topliss-reactive ketones (excluding diaryl/α,β-unsaturated/α-hetero) is 2. The SMILES string of the molecule is CC(=O)c1cccc(NC(=O)c2cccc(C#Cc3nnc4ccc(C(C)=O)cn34)c2)c1. The highest BCUT2D eigenvalue weighted by Gasteiger charge is 2.09. The molecule has 4 aromatic rings. The summed E-state index contributed by atoms with van der Waals surface area (Å²) in [5.41, 5.74) is 3.23. The van der Waals surface area contributed by atoms with Gasteiger partial charge in [-0.05, 0) is 62.2 Å². The molecule has 2 aromatic carbocycles. The number of hydrogen-bond acceptors (Lipinski definition) is 5. The maximum atomic E-state index is 12.7. The molecule has 0 unspecified atom stereocenters. The molecule has 32 heavy (non-hydrogen) atoms. The number of pyridine rings is 1. The molecule has 1 N–H and O–H groups in total. The lowest BCUT2D eigenvalue weighted by molar-refractivity contribution is 0.100. The predicted octanol–water partition coefficient (Wildman–Crippen LogP) is 3.79. The van der Waals surface area contributed by atoms with E-state index in [0.29, 0.717) is 39.4 Å². The largest absolute Gasteiger partial charge is 0.322 e. The lowest BCUT2D eigenvalue weighted by atomic mass is 10.1. The Hall–Kier alpha value is -4.57. The summed E-state index contributed by atoms with van der Waals surface area (Å²) < 4.78 is 1.66. The highest BCUT2D eigenvalue weighted by molar-refractivity contribution is 6.05. The summed E-state index contributed by atoms with van der Waals surface area (Å²) in [5, 5.41) is 10.9. The molecule has 7 nitrogen and oxygen atoms in total. The van der Waals surface area contributed by atoms with Gasteiger partial charge < -0.3 is 5.32 Å². The van der Waals surface area contributed by atoms with Crippen LogP contribution in [0.3, 0.4) is 0 Å². The Kier molecular flexibility index (Phi) is 5.60. The van der Waals surface area contributed by atoms with E-state index in [1.54, 1.807) is 71.3 Å². The van der Waals surface area contributed by atoms with Gasteiger partial charge in [-0.15, -0.1) is 10.2 Å². The number of ketones is 2. The van der Waals surface area contributed by atoms with Crippen LogP contribution in [0.25, 0.3) is 5.65 Å². The Bertz CT molecular complexity index is 1440. The van der Waals surface area contributed by atoms with Gasteiger partial charge in [0.2, 0.25) is 5.82 Å². The van der Waals surface area contributed by atoms with Crippen LogP contribution in [0.2, 0.25) is 0 Å². The van der Waals surface area contributed by atoms with Gasteiger partial charge >= 0.3 is 0 Å². The second kappa shape index (κ2) is 8.66. The van der Waals surface area contributed by atoms with Gasteiger partial charge in [-0.3, -0.25) is 18.8 Å². The first-order chi connectivity index (χ1) is 15.4. The van der Waals surface area contributed by atoms with Crippen LogP contribution in [0, 0.1) is 11.8 Å². The molecule has 156 valence electrons. The molecule has 0 spiro atoms. The van der Waals surface area contributed by atoms with Crippen molar-refractivity contribution < 1.29 is 14.4 Å². The number of nitrogens with one attached hydrogen (secondary N) is 1. The maximum Gasteiger partial charge on any atom is 0.255 e. The van der Waals surface area contributed by atoms with Gasteiger partial charge in [0.25, 0.3) is 5.91 Å². The first kappa shape index (κ1) is 20.7. The van der Waals surface area contributed by atoms with E-state index < -0.39 is 0 Å².